The number of rotatable bonds is 4. The molecule has 1 N–H and O–H groups in total. The van der Waals surface area contributed by atoms with Crippen molar-refractivity contribution in [2.45, 2.75) is 33.4 Å². The van der Waals surface area contributed by atoms with Crippen LogP contribution in [-0.4, -0.2) is 15.2 Å². The van der Waals surface area contributed by atoms with Crippen LogP contribution in [0.2, 0.25) is 0 Å². The Labute approximate surface area is 105 Å². The molecule has 0 aliphatic carbocycles. The van der Waals surface area contributed by atoms with Crippen molar-refractivity contribution in [3.05, 3.63) is 39.6 Å². The van der Waals surface area contributed by atoms with Gasteiger partial charge in [-0.15, -0.1) is 11.3 Å². The lowest BCUT2D eigenvalue weighted by Gasteiger charge is -2.11. The molecule has 2 rings (SSSR count). The highest BCUT2D eigenvalue weighted by atomic mass is 32.1. The maximum atomic E-state index is 4.54. The molecular weight excluding hydrogens is 232 g/mol. The van der Waals surface area contributed by atoms with Gasteiger partial charge >= 0.3 is 0 Å². The summed E-state index contributed by atoms with van der Waals surface area (Å²) in [6.07, 6.45) is 1.68. The molecular formula is C12H16N4S. The van der Waals surface area contributed by atoms with Gasteiger partial charge in [0, 0.05) is 23.7 Å². The molecule has 0 aliphatic rings. The highest BCUT2D eigenvalue weighted by Gasteiger charge is 2.12. The first kappa shape index (κ1) is 12.1. The van der Waals surface area contributed by atoms with Crippen molar-refractivity contribution in [1.82, 2.24) is 20.5 Å². The molecule has 2 aromatic rings. The molecule has 4 nitrogen and oxygen atoms in total. The standard InChI is InChI=1S/C12H16N4S/c1-8(12-9(2)17-10(3)15-12)13-7-11-5-4-6-14-16-11/h4-6,8,13H,7H2,1-3H3. The lowest BCUT2D eigenvalue weighted by molar-refractivity contribution is 0.551. The van der Waals surface area contributed by atoms with E-state index in [-0.39, 0.29) is 6.04 Å². The van der Waals surface area contributed by atoms with Crippen molar-refractivity contribution in [3.63, 3.8) is 0 Å². The maximum Gasteiger partial charge on any atom is 0.0900 e. The Bertz CT molecular complexity index is 481. The summed E-state index contributed by atoms with van der Waals surface area (Å²) in [4.78, 5) is 5.82. The number of aromatic nitrogens is 3. The summed E-state index contributed by atoms with van der Waals surface area (Å²) in [7, 11) is 0. The largest absolute Gasteiger partial charge is 0.303 e. The number of nitrogens with zero attached hydrogens (tertiary/aromatic N) is 3. The van der Waals surface area contributed by atoms with E-state index in [9.17, 15) is 0 Å². The minimum Gasteiger partial charge on any atom is -0.303 e. The molecule has 0 aromatic carbocycles. The van der Waals surface area contributed by atoms with Crippen LogP contribution in [0.5, 0.6) is 0 Å². The Kier molecular flexibility index (Phi) is 3.81. The maximum absolute atomic E-state index is 4.54. The van der Waals surface area contributed by atoms with Crippen molar-refractivity contribution >= 4 is 11.3 Å². The molecule has 0 amide bonds. The van der Waals surface area contributed by atoms with E-state index in [1.165, 1.54) is 4.88 Å². The summed E-state index contributed by atoms with van der Waals surface area (Å²) >= 11 is 1.74. The Morgan fingerprint density at radius 3 is 2.82 bits per heavy atom. The van der Waals surface area contributed by atoms with Crippen molar-refractivity contribution < 1.29 is 0 Å². The zero-order chi connectivity index (χ0) is 12.3. The van der Waals surface area contributed by atoms with E-state index in [0.717, 1.165) is 16.4 Å². The van der Waals surface area contributed by atoms with E-state index >= 15 is 0 Å². The number of hydrogen-bond donors (Lipinski definition) is 1. The Hall–Kier alpha value is -1.33. The lowest BCUT2D eigenvalue weighted by atomic mass is 10.2. The highest BCUT2D eigenvalue weighted by Crippen LogP contribution is 2.22. The van der Waals surface area contributed by atoms with Crippen LogP contribution in [0.15, 0.2) is 18.3 Å². The first-order valence-corrected chi connectivity index (χ1v) is 6.42. The van der Waals surface area contributed by atoms with E-state index < -0.39 is 0 Å². The van der Waals surface area contributed by atoms with Crippen molar-refractivity contribution in [3.8, 4) is 0 Å². The molecule has 5 heteroatoms. The molecule has 1 unspecified atom stereocenters. The predicted molar refractivity (Wildman–Crippen MR) is 68.9 cm³/mol. The zero-order valence-electron chi connectivity index (χ0n) is 10.3. The van der Waals surface area contributed by atoms with E-state index in [1.54, 1.807) is 17.5 Å². The van der Waals surface area contributed by atoms with Gasteiger partial charge in [0.2, 0.25) is 0 Å². The fourth-order valence-corrected chi connectivity index (χ4v) is 2.64. The summed E-state index contributed by atoms with van der Waals surface area (Å²) in [5.74, 6) is 0. The molecule has 17 heavy (non-hydrogen) atoms. The summed E-state index contributed by atoms with van der Waals surface area (Å²) < 4.78 is 0. The molecule has 1 atom stereocenters. The number of aryl methyl sites for hydroxylation is 2. The molecule has 0 saturated heterocycles. The number of nitrogens with one attached hydrogen (secondary N) is 1. The molecule has 0 spiro atoms. The summed E-state index contributed by atoms with van der Waals surface area (Å²) in [5, 5.41) is 12.4. The molecule has 0 radical (unpaired) electrons. The minimum absolute atomic E-state index is 0.238. The van der Waals surface area contributed by atoms with Gasteiger partial charge in [-0.2, -0.15) is 10.2 Å². The second-order valence-corrected chi connectivity index (χ2v) is 5.40. The first-order chi connectivity index (χ1) is 8.16. The van der Waals surface area contributed by atoms with Gasteiger partial charge in [-0.05, 0) is 32.9 Å². The van der Waals surface area contributed by atoms with Crippen LogP contribution in [-0.2, 0) is 6.54 Å². The third-order valence-corrected chi connectivity index (χ3v) is 3.47. The fraction of sp³-hybridized carbons (Fsp3) is 0.417. The van der Waals surface area contributed by atoms with Gasteiger partial charge in [0.25, 0.3) is 0 Å². The quantitative estimate of drug-likeness (QED) is 0.902. The van der Waals surface area contributed by atoms with E-state index in [2.05, 4.69) is 34.3 Å². The average molecular weight is 248 g/mol. The topological polar surface area (TPSA) is 50.7 Å². The SMILES string of the molecule is Cc1nc(C(C)NCc2cccnn2)c(C)s1. The minimum atomic E-state index is 0.238. The molecule has 0 fully saturated rings. The highest BCUT2D eigenvalue weighted by molar-refractivity contribution is 7.11. The fourth-order valence-electron chi connectivity index (χ4n) is 1.73. The van der Waals surface area contributed by atoms with Gasteiger partial charge in [0.1, 0.15) is 0 Å². The van der Waals surface area contributed by atoms with Gasteiger partial charge < -0.3 is 5.32 Å². The Morgan fingerprint density at radius 2 is 2.24 bits per heavy atom. The molecule has 90 valence electrons. The summed E-state index contributed by atoms with van der Waals surface area (Å²) in [5.41, 5.74) is 2.08. The zero-order valence-corrected chi connectivity index (χ0v) is 11.1. The van der Waals surface area contributed by atoms with Crippen molar-refractivity contribution in [2.24, 2.45) is 0 Å². The predicted octanol–water partition coefficient (Wildman–Crippen LogP) is 2.40. The second kappa shape index (κ2) is 5.33. The summed E-state index contributed by atoms with van der Waals surface area (Å²) in [6, 6.07) is 4.10. The van der Waals surface area contributed by atoms with Gasteiger partial charge in [-0.3, -0.25) is 0 Å². The Balaban J connectivity index is 1.98. The smallest absolute Gasteiger partial charge is 0.0900 e. The number of thiazole rings is 1. The van der Waals surface area contributed by atoms with Crippen LogP contribution < -0.4 is 5.32 Å². The van der Waals surface area contributed by atoms with E-state index in [4.69, 9.17) is 0 Å². The van der Waals surface area contributed by atoms with E-state index in [0.29, 0.717) is 6.54 Å². The third kappa shape index (κ3) is 3.08. The third-order valence-electron chi connectivity index (χ3n) is 2.57. The van der Waals surface area contributed by atoms with Crippen LogP contribution >= 0.6 is 11.3 Å². The molecule has 2 heterocycles. The average Bonchev–Trinajstić information content (AvgIpc) is 2.67. The van der Waals surface area contributed by atoms with Crippen LogP contribution in [0.25, 0.3) is 0 Å². The molecule has 0 bridgehead atoms. The van der Waals surface area contributed by atoms with Gasteiger partial charge in [-0.1, -0.05) is 0 Å². The molecule has 0 saturated carbocycles. The number of hydrogen-bond acceptors (Lipinski definition) is 5. The van der Waals surface area contributed by atoms with Crippen molar-refractivity contribution in [1.29, 1.82) is 0 Å². The first-order valence-electron chi connectivity index (χ1n) is 5.60. The van der Waals surface area contributed by atoms with Gasteiger partial charge in [0.15, 0.2) is 0 Å². The van der Waals surface area contributed by atoms with E-state index in [1.807, 2.05) is 19.1 Å². The monoisotopic (exact) mass is 248 g/mol. The normalized spacial score (nSPS) is 12.6. The van der Waals surface area contributed by atoms with Crippen LogP contribution in [0.3, 0.4) is 0 Å². The molecule has 2 aromatic heterocycles. The second-order valence-electron chi connectivity index (χ2n) is 3.99. The van der Waals surface area contributed by atoms with Crippen LogP contribution in [0.1, 0.15) is 34.2 Å². The summed E-state index contributed by atoms with van der Waals surface area (Å²) in [6.45, 7) is 6.99. The van der Waals surface area contributed by atoms with Crippen LogP contribution in [0, 0.1) is 13.8 Å². The van der Waals surface area contributed by atoms with Gasteiger partial charge in [-0.25, -0.2) is 4.98 Å². The lowest BCUT2D eigenvalue weighted by Crippen LogP contribution is -2.19. The van der Waals surface area contributed by atoms with Gasteiger partial charge in [0.05, 0.1) is 16.4 Å². The Morgan fingerprint density at radius 1 is 1.41 bits per heavy atom. The molecule has 0 aliphatic heterocycles. The van der Waals surface area contributed by atoms with Crippen molar-refractivity contribution in [2.75, 3.05) is 0 Å². The van der Waals surface area contributed by atoms with Crippen LogP contribution in [0.4, 0.5) is 0 Å².